The lowest BCUT2D eigenvalue weighted by molar-refractivity contribution is -0.137. The summed E-state index contributed by atoms with van der Waals surface area (Å²) in [5.74, 6) is -0.982. The Bertz CT molecular complexity index is 460. The number of carbonyl (C=O) groups excluding carboxylic acids is 1. The number of carbonyl (C=O) groups is 2. The fourth-order valence-corrected chi connectivity index (χ4v) is 1.90. The first kappa shape index (κ1) is 17.0. The first-order chi connectivity index (χ1) is 10.0. The number of nitrogens with zero attached hydrogens (tertiary/aromatic N) is 3. The van der Waals surface area contributed by atoms with Crippen LogP contribution in [0.25, 0.3) is 0 Å². The Morgan fingerprint density at radius 1 is 1.38 bits per heavy atom. The highest BCUT2D eigenvalue weighted by Crippen LogP contribution is 2.04. The van der Waals surface area contributed by atoms with Gasteiger partial charge in [0.05, 0.1) is 11.9 Å². The second kappa shape index (κ2) is 8.96. The maximum atomic E-state index is 11.7. The topological polar surface area (TPSA) is 99.5 Å². The van der Waals surface area contributed by atoms with E-state index in [1.807, 2.05) is 0 Å². The number of amides is 2. The van der Waals surface area contributed by atoms with Crippen LogP contribution in [-0.4, -0.2) is 58.0 Å². The summed E-state index contributed by atoms with van der Waals surface area (Å²) in [5, 5.41) is 17.8. The molecule has 118 valence electrons. The van der Waals surface area contributed by atoms with E-state index in [-0.39, 0.29) is 12.6 Å². The van der Waals surface area contributed by atoms with Crippen molar-refractivity contribution in [3.05, 3.63) is 12.4 Å². The van der Waals surface area contributed by atoms with Crippen LogP contribution in [-0.2, 0) is 11.3 Å². The van der Waals surface area contributed by atoms with Gasteiger partial charge in [0.15, 0.2) is 0 Å². The first-order valence-corrected chi connectivity index (χ1v) is 7.06. The maximum Gasteiger partial charge on any atom is 0.325 e. The fourth-order valence-electron chi connectivity index (χ4n) is 1.90. The van der Waals surface area contributed by atoms with Gasteiger partial charge in [-0.1, -0.05) is 13.8 Å². The number of rotatable bonds is 9. The van der Waals surface area contributed by atoms with E-state index in [1.54, 1.807) is 0 Å². The lowest BCUT2D eigenvalue weighted by atomic mass is 10.4. The van der Waals surface area contributed by atoms with Crippen molar-refractivity contribution in [1.29, 1.82) is 0 Å². The van der Waals surface area contributed by atoms with E-state index in [2.05, 4.69) is 34.5 Å². The predicted molar refractivity (Wildman–Crippen MR) is 79.3 cm³/mol. The molecule has 0 fully saturated rings. The quantitative estimate of drug-likeness (QED) is 0.626. The van der Waals surface area contributed by atoms with Gasteiger partial charge in [-0.25, -0.2) is 4.79 Å². The largest absolute Gasteiger partial charge is 0.480 e. The van der Waals surface area contributed by atoms with Crippen LogP contribution in [0, 0.1) is 0 Å². The zero-order chi connectivity index (χ0) is 15.7. The molecule has 1 aromatic rings. The van der Waals surface area contributed by atoms with Crippen molar-refractivity contribution in [2.24, 2.45) is 0 Å². The van der Waals surface area contributed by atoms with Crippen LogP contribution >= 0.6 is 0 Å². The average molecular weight is 297 g/mol. The molecule has 0 saturated carbocycles. The highest BCUT2D eigenvalue weighted by Gasteiger charge is 2.06. The monoisotopic (exact) mass is 297 g/mol. The molecule has 1 rings (SSSR count). The van der Waals surface area contributed by atoms with Crippen molar-refractivity contribution in [2.45, 2.75) is 26.8 Å². The second-order valence-electron chi connectivity index (χ2n) is 4.64. The Morgan fingerprint density at radius 2 is 2.14 bits per heavy atom. The lowest BCUT2D eigenvalue weighted by Crippen LogP contribution is -2.37. The number of aromatic nitrogens is 2. The van der Waals surface area contributed by atoms with Gasteiger partial charge in [0, 0.05) is 19.3 Å². The Hall–Kier alpha value is -2.09. The Balaban J connectivity index is 2.30. The molecule has 0 aliphatic heterocycles. The fraction of sp³-hybridized carbons (Fsp3) is 0.615. The Kier molecular flexibility index (Phi) is 7.24. The van der Waals surface area contributed by atoms with Crippen molar-refractivity contribution in [3.8, 4) is 0 Å². The molecule has 0 aliphatic rings. The third-order valence-corrected chi connectivity index (χ3v) is 2.89. The summed E-state index contributed by atoms with van der Waals surface area (Å²) in [4.78, 5) is 24.5. The summed E-state index contributed by atoms with van der Waals surface area (Å²) >= 11 is 0. The van der Waals surface area contributed by atoms with Crippen LogP contribution in [0.1, 0.15) is 20.3 Å². The van der Waals surface area contributed by atoms with Gasteiger partial charge in [0.1, 0.15) is 6.54 Å². The van der Waals surface area contributed by atoms with Gasteiger partial charge in [-0.2, -0.15) is 5.10 Å². The molecule has 3 N–H and O–H groups in total. The highest BCUT2D eigenvalue weighted by atomic mass is 16.4. The summed E-state index contributed by atoms with van der Waals surface area (Å²) in [6.45, 7) is 7.32. The number of carboxylic acid groups (broad SMARTS) is 1. The number of urea groups is 1. The number of hydrogen-bond acceptors (Lipinski definition) is 4. The number of carboxylic acids is 1. The van der Waals surface area contributed by atoms with Crippen molar-refractivity contribution >= 4 is 17.7 Å². The van der Waals surface area contributed by atoms with Gasteiger partial charge in [-0.3, -0.25) is 9.48 Å². The SMILES string of the molecule is CCCN(CC)CCNC(=O)Nc1cnn(CC(=O)O)c1. The van der Waals surface area contributed by atoms with Gasteiger partial charge in [-0.05, 0) is 19.5 Å². The molecule has 0 atom stereocenters. The van der Waals surface area contributed by atoms with Crippen LogP contribution < -0.4 is 10.6 Å². The number of anilines is 1. The van der Waals surface area contributed by atoms with Gasteiger partial charge in [0.2, 0.25) is 0 Å². The first-order valence-electron chi connectivity index (χ1n) is 7.06. The molecule has 0 aliphatic carbocycles. The number of aliphatic carboxylic acids is 1. The molecular weight excluding hydrogens is 274 g/mol. The molecule has 0 aromatic carbocycles. The molecule has 1 aromatic heterocycles. The summed E-state index contributed by atoms with van der Waals surface area (Å²) in [5.41, 5.74) is 0.467. The maximum absolute atomic E-state index is 11.7. The van der Waals surface area contributed by atoms with E-state index in [9.17, 15) is 9.59 Å². The standard InChI is InChI=1S/C13H23N5O3/c1-3-6-17(4-2)7-5-14-13(21)16-11-8-15-18(9-11)10-12(19)20/h8-9H,3-7,10H2,1-2H3,(H,19,20)(H2,14,16,21). The van der Waals surface area contributed by atoms with Gasteiger partial charge < -0.3 is 20.6 Å². The van der Waals surface area contributed by atoms with E-state index in [1.165, 1.54) is 17.1 Å². The van der Waals surface area contributed by atoms with Crippen molar-refractivity contribution < 1.29 is 14.7 Å². The number of nitrogens with one attached hydrogen (secondary N) is 2. The molecule has 2 amide bonds. The molecule has 8 nitrogen and oxygen atoms in total. The minimum Gasteiger partial charge on any atom is -0.480 e. The van der Waals surface area contributed by atoms with Crippen molar-refractivity contribution in [3.63, 3.8) is 0 Å². The van der Waals surface area contributed by atoms with E-state index < -0.39 is 5.97 Å². The molecule has 0 radical (unpaired) electrons. The number of likely N-dealkylation sites (N-methyl/N-ethyl adjacent to an activating group) is 1. The zero-order valence-corrected chi connectivity index (χ0v) is 12.5. The van der Waals surface area contributed by atoms with Crippen molar-refractivity contribution in [2.75, 3.05) is 31.5 Å². The van der Waals surface area contributed by atoms with Gasteiger partial charge in [-0.15, -0.1) is 0 Å². The minimum atomic E-state index is -0.982. The van der Waals surface area contributed by atoms with Crippen LogP contribution in [0.4, 0.5) is 10.5 Å². The Morgan fingerprint density at radius 3 is 2.76 bits per heavy atom. The highest BCUT2D eigenvalue weighted by molar-refractivity contribution is 5.88. The van der Waals surface area contributed by atoms with E-state index in [0.29, 0.717) is 12.2 Å². The van der Waals surface area contributed by atoms with Crippen LogP contribution in [0.15, 0.2) is 12.4 Å². The second-order valence-corrected chi connectivity index (χ2v) is 4.64. The molecule has 0 unspecified atom stereocenters. The molecule has 21 heavy (non-hydrogen) atoms. The van der Waals surface area contributed by atoms with Crippen LogP contribution in [0.2, 0.25) is 0 Å². The third kappa shape index (κ3) is 6.75. The summed E-state index contributed by atoms with van der Waals surface area (Å²) in [6, 6.07) is -0.322. The van der Waals surface area contributed by atoms with E-state index >= 15 is 0 Å². The zero-order valence-electron chi connectivity index (χ0n) is 12.5. The third-order valence-electron chi connectivity index (χ3n) is 2.89. The van der Waals surface area contributed by atoms with E-state index in [4.69, 9.17) is 5.11 Å². The average Bonchev–Trinajstić information content (AvgIpc) is 2.83. The molecule has 1 heterocycles. The van der Waals surface area contributed by atoms with E-state index in [0.717, 1.165) is 26.1 Å². The molecule has 0 bridgehead atoms. The van der Waals surface area contributed by atoms with Gasteiger partial charge >= 0.3 is 12.0 Å². The number of hydrogen-bond donors (Lipinski definition) is 3. The summed E-state index contributed by atoms with van der Waals surface area (Å²) in [7, 11) is 0. The molecule has 8 heteroatoms. The lowest BCUT2D eigenvalue weighted by Gasteiger charge is -2.19. The Labute approximate surface area is 124 Å². The summed E-state index contributed by atoms with van der Waals surface area (Å²) in [6.07, 6.45) is 3.98. The minimum absolute atomic E-state index is 0.230. The molecule has 0 spiro atoms. The molecular formula is C13H23N5O3. The van der Waals surface area contributed by atoms with Gasteiger partial charge in [0.25, 0.3) is 0 Å². The summed E-state index contributed by atoms with van der Waals surface area (Å²) < 4.78 is 1.25. The van der Waals surface area contributed by atoms with Crippen LogP contribution in [0.3, 0.4) is 0 Å². The normalized spacial score (nSPS) is 10.6. The van der Waals surface area contributed by atoms with Crippen molar-refractivity contribution in [1.82, 2.24) is 20.0 Å². The smallest absolute Gasteiger partial charge is 0.325 e. The van der Waals surface area contributed by atoms with Crippen LogP contribution in [0.5, 0.6) is 0 Å². The molecule has 0 saturated heterocycles. The predicted octanol–water partition coefficient (Wildman–Crippen LogP) is 0.821.